The molecule has 0 spiro atoms. The Morgan fingerprint density at radius 3 is 2.90 bits per heavy atom. The number of ether oxygens (including phenoxy) is 3. The quantitative estimate of drug-likeness (QED) is 0.821. The van der Waals surface area contributed by atoms with E-state index in [9.17, 15) is 4.79 Å². The monoisotopic (exact) mass is 283 g/mol. The van der Waals surface area contributed by atoms with Gasteiger partial charge >= 0.3 is 0 Å². The molecule has 3 fully saturated rings. The van der Waals surface area contributed by atoms with Crippen LogP contribution in [0.15, 0.2) is 0 Å². The van der Waals surface area contributed by atoms with E-state index >= 15 is 0 Å². The van der Waals surface area contributed by atoms with Crippen molar-refractivity contribution in [2.24, 2.45) is 11.3 Å². The highest BCUT2D eigenvalue weighted by Gasteiger charge is 2.59. The maximum Gasteiger partial charge on any atom is 0.246 e. The number of hydrogen-bond acceptors (Lipinski definition) is 4. The Hall–Kier alpha value is -0.650. The summed E-state index contributed by atoms with van der Waals surface area (Å²) in [5.41, 5.74) is 0.0331. The van der Waals surface area contributed by atoms with Crippen molar-refractivity contribution >= 4 is 5.91 Å². The van der Waals surface area contributed by atoms with Gasteiger partial charge in [0.25, 0.3) is 0 Å². The van der Waals surface area contributed by atoms with E-state index in [1.165, 1.54) is 0 Å². The zero-order chi connectivity index (χ0) is 14.2. The summed E-state index contributed by atoms with van der Waals surface area (Å²) >= 11 is 0. The Morgan fingerprint density at radius 2 is 2.15 bits per heavy atom. The van der Waals surface area contributed by atoms with Crippen LogP contribution in [-0.2, 0) is 19.0 Å². The molecular weight excluding hydrogens is 258 g/mol. The van der Waals surface area contributed by atoms with E-state index in [0.29, 0.717) is 18.6 Å². The third-order valence-corrected chi connectivity index (χ3v) is 4.98. The Morgan fingerprint density at radius 1 is 1.30 bits per heavy atom. The van der Waals surface area contributed by atoms with Gasteiger partial charge in [0.2, 0.25) is 5.91 Å². The molecule has 5 heteroatoms. The predicted molar refractivity (Wildman–Crippen MR) is 73.4 cm³/mol. The van der Waals surface area contributed by atoms with Crippen LogP contribution < -0.4 is 5.32 Å². The summed E-state index contributed by atoms with van der Waals surface area (Å²) in [6, 6.07) is 0.217. The number of rotatable bonds is 5. The topological polar surface area (TPSA) is 56.8 Å². The first kappa shape index (κ1) is 14.3. The Bertz CT molecular complexity index is 365. The van der Waals surface area contributed by atoms with Gasteiger partial charge in [-0.25, -0.2) is 0 Å². The average molecular weight is 283 g/mol. The van der Waals surface area contributed by atoms with E-state index in [0.717, 1.165) is 32.5 Å². The Kier molecular flexibility index (Phi) is 4.02. The maximum absolute atomic E-state index is 12.0. The van der Waals surface area contributed by atoms with E-state index in [2.05, 4.69) is 19.2 Å². The van der Waals surface area contributed by atoms with Crippen LogP contribution in [0.5, 0.6) is 0 Å². The second-order valence-corrected chi connectivity index (χ2v) is 6.76. The summed E-state index contributed by atoms with van der Waals surface area (Å²) in [6.45, 7) is 6.62. The van der Waals surface area contributed by atoms with Crippen LogP contribution in [-0.4, -0.2) is 50.6 Å². The van der Waals surface area contributed by atoms with Crippen molar-refractivity contribution in [1.82, 2.24) is 5.32 Å². The molecule has 114 valence electrons. The third-order valence-electron chi connectivity index (χ3n) is 4.98. The SMILES string of the molecule is CC1(C)[C@H](NC(=O)COC[C@@H]2CCCO2)[C@H]2CCO[C@H]21. The fourth-order valence-corrected chi connectivity index (χ4v) is 3.89. The molecule has 3 rings (SSSR count). The van der Waals surface area contributed by atoms with Gasteiger partial charge in [-0.05, 0) is 19.3 Å². The normalized spacial score (nSPS) is 38.3. The molecule has 20 heavy (non-hydrogen) atoms. The smallest absolute Gasteiger partial charge is 0.246 e. The number of nitrogens with one attached hydrogen (secondary N) is 1. The van der Waals surface area contributed by atoms with Gasteiger partial charge in [-0.15, -0.1) is 0 Å². The molecule has 2 heterocycles. The van der Waals surface area contributed by atoms with Crippen LogP contribution in [0.4, 0.5) is 0 Å². The molecule has 3 aliphatic rings. The lowest BCUT2D eigenvalue weighted by molar-refractivity contribution is -0.142. The van der Waals surface area contributed by atoms with E-state index < -0.39 is 0 Å². The van der Waals surface area contributed by atoms with E-state index in [1.807, 2.05) is 0 Å². The van der Waals surface area contributed by atoms with Gasteiger partial charge in [0.1, 0.15) is 6.61 Å². The second-order valence-electron chi connectivity index (χ2n) is 6.76. The van der Waals surface area contributed by atoms with Crippen molar-refractivity contribution in [2.75, 3.05) is 26.4 Å². The van der Waals surface area contributed by atoms with Gasteiger partial charge < -0.3 is 19.5 Å². The highest BCUT2D eigenvalue weighted by Crippen LogP contribution is 2.52. The van der Waals surface area contributed by atoms with Gasteiger partial charge in [0.05, 0.1) is 18.8 Å². The van der Waals surface area contributed by atoms with Gasteiger partial charge in [0.15, 0.2) is 0 Å². The molecule has 2 saturated heterocycles. The number of fused-ring (bicyclic) bond motifs is 1. The zero-order valence-electron chi connectivity index (χ0n) is 12.4. The standard InChI is InChI=1S/C15H25NO4/c1-15(2)13(11-5-7-20-14(11)15)16-12(17)9-18-8-10-4-3-6-19-10/h10-11,13-14H,3-9H2,1-2H3,(H,16,17)/t10-,11+,13+,14+/m0/s1. The van der Waals surface area contributed by atoms with Crippen LogP contribution in [0.1, 0.15) is 33.1 Å². The van der Waals surface area contributed by atoms with E-state index in [1.54, 1.807) is 0 Å². The molecule has 0 bridgehead atoms. The van der Waals surface area contributed by atoms with Crippen molar-refractivity contribution in [1.29, 1.82) is 0 Å². The highest BCUT2D eigenvalue weighted by atomic mass is 16.5. The van der Waals surface area contributed by atoms with Crippen LogP contribution in [0.3, 0.4) is 0 Å². The number of hydrogen-bond donors (Lipinski definition) is 1. The number of carbonyl (C=O) groups is 1. The molecule has 4 atom stereocenters. The lowest BCUT2D eigenvalue weighted by Crippen LogP contribution is -2.67. The molecule has 5 nitrogen and oxygen atoms in total. The van der Waals surface area contributed by atoms with E-state index in [4.69, 9.17) is 14.2 Å². The molecule has 0 aromatic rings. The Labute approximate surface area is 120 Å². The fourth-order valence-electron chi connectivity index (χ4n) is 3.89. The first-order chi connectivity index (χ1) is 9.59. The van der Waals surface area contributed by atoms with Crippen LogP contribution in [0.2, 0.25) is 0 Å². The summed E-state index contributed by atoms with van der Waals surface area (Å²) in [5, 5.41) is 3.12. The molecule has 1 aliphatic carbocycles. The van der Waals surface area contributed by atoms with Crippen molar-refractivity contribution < 1.29 is 19.0 Å². The van der Waals surface area contributed by atoms with Crippen molar-refractivity contribution in [2.45, 2.75) is 51.4 Å². The summed E-state index contributed by atoms with van der Waals surface area (Å²) in [5.74, 6) is 0.457. The van der Waals surface area contributed by atoms with Gasteiger partial charge in [-0.2, -0.15) is 0 Å². The van der Waals surface area contributed by atoms with Crippen LogP contribution in [0, 0.1) is 11.3 Å². The van der Waals surface area contributed by atoms with Crippen molar-refractivity contribution in [3.8, 4) is 0 Å². The Balaban J connectivity index is 1.40. The molecule has 1 saturated carbocycles. The van der Waals surface area contributed by atoms with Gasteiger partial charge in [0, 0.05) is 30.6 Å². The average Bonchev–Trinajstić information content (AvgIpc) is 3.06. The zero-order valence-corrected chi connectivity index (χ0v) is 12.4. The summed E-state index contributed by atoms with van der Waals surface area (Å²) in [6.07, 6.45) is 3.67. The second kappa shape index (κ2) is 5.62. The molecule has 1 amide bonds. The summed E-state index contributed by atoms with van der Waals surface area (Å²) in [4.78, 5) is 12.0. The molecular formula is C15H25NO4. The first-order valence-corrected chi connectivity index (χ1v) is 7.69. The fraction of sp³-hybridized carbons (Fsp3) is 0.933. The third kappa shape index (κ3) is 2.59. The van der Waals surface area contributed by atoms with E-state index in [-0.39, 0.29) is 30.1 Å². The molecule has 0 aromatic carbocycles. The van der Waals surface area contributed by atoms with Crippen LogP contribution >= 0.6 is 0 Å². The lowest BCUT2D eigenvalue weighted by atomic mass is 9.57. The predicted octanol–water partition coefficient (Wildman–Crippen LogP) is 1.11. The molecule has 0 aromatic heterocycles. The minimum atomic E-state index is -0.0218. The highest BCUT2D eigenvalue weighted by molar-refractivity contribution is 5.77. The minimum Gasteiger partial charge on any atom is -0.377 e. The number of amides is 1. The largest absolute Gasteiger partial charge is 0.377 e. The van der Waals surface area contributed by atoms with Crippen molar-refractivity contribution in [3.05, 3.63) is 0 Å². The summed E-state index contributed by atoms with van der Waals surface area (Å²) in [7, 11) is 0. The maximum atomic E-state index is 12.0. The molecule has 0 radical (unpaired) electrons. The van der Waals surface area contributed by atoms with Crippen LogP contribution in [0.25, 0.3) is 0 Å². The molecule has 2 aliphatic heterocycles. The van der Waals surface area contributed by atoms with Gasteiger partial charge in [-0.3, -0.25) is 4.79 Å². The number of carbonyl (C=O) groups excluding carboxylic acids is 1. The molecule has 1 N–H and O–H groups in total. The lowest BCUT2D eigenvalue weighted by Gasteiger charge is -2.54. The van der Waals surface area contributed by atoms with Crippen molar-refractivity contribution in [3.63, 3.8) is 0 Å². The summed E-state index contributed by atoms with van der Waals surface area (Å²) < 4.78 is 16.7. The van der Waals surface area contributed by atoms with Gasteiger partial charge in [-0.1, -0.05) is 13.8 Å². The minimum absolute atomic E-state index is 0.0218. The first-order valence-electron chi connectivity index (χ1n) is 7.69. The molecule has 0 unspecified atom stereocenters.